The molecule has 0 aliphatic carbocycles. The molecule has 0 aromatic carbocycles. The minimum atomic E-state index is -0.171. The molecule has 2 atom stereocenters. The molecule has 7 nitrogen and oxygen atoms in total. The van der Waals surface area contributed by atoms with Gasteiger partial charge in [0, 0.05) is 29.4 Å². The second-order valence-corrected chi connectivity index (χ2v) is 10.0. The third-order valence-electron chi connectivity index (χ3n) is 5.10. The molecule has 1 aliphatic heterocycles. The number of hydrogen-bond acceptors (Lipinski definition) is 8. The number of morpholine rings is 1. The third kappa shape index (κ3) is 4.94. The lowest BCUT2D eigenvalue weighted by atomic mass is 10.1. The van der Waals surface area contributed by atoms with E-state index in [0.717, 1.165) is 50.6 Å². The van der Waals surface area contributed by atoms with Gasteiger partial charge in [-0.15, -0.1) is 11.3 Å². The molecule has 164 valence electrons. The summed E-state index contributed by atoms with van der Waals surface area (Å²) in [7, 11) is 0. The molecule has 1 fully saturated rings. The summed E-state index contributed by atoms with van der Waals surface area (Å²) < 4.78 is 5.89. The van der Waals surface area contributed by atoms with Crippen molar-refractivity contribution in [3.05, 3.63) is 45.3 Å². The first kappa shape index (κ1) is 21.9. The van der Waals surface area contributed by atoms with Crippen molar-refractivity contribution in [3.63, 3.8) is 0 Å². The summed E-state index contributed by atoms with van der Waals surface area (Å²) in [6, 6.07) is 4.15. The number of nitrogens with one attached hydrogen (secondary N) is 1. The summed E-state index contributed by atoms with van der Waals surface area (Å²) in [4.78, 5) is 30.5. The molecule has 1 saturated heterocycles. The number of thiazole rings is 2. The number of carbonyl (C=O) groups is 1. The highest BCUT2D eigenvalue weighted by molar-refractivity contribution is 7.19. The number of anilines is 1. The Morgan fingerprint density at radius 2 is 1.84 bits per heavy atom. The fourth-order valence-electron chi connectivity index (χ4n) is 3.89. The Labute approximate surface area is 190 Å². The van der Waals surface area contributed by atoms with E-state index < -0.39 is 0 Å². The molecule has 31 heavy (non-hydrogen) atoms. The van der Waals surface area contributed by atoms with Crippen LogP contribution in [0.4, 0.5) is 5.13 Å². The minimum absolute atomic E-state index is 0.150. The van der Waals surface area contributed by atoms with Crippen LogP contribution in [0, 0.1) is 20.8 Å². The van der Waals surface area contributed by atoms with Gasteiger partial charge in [-0.05, 0) is 52.3 Å². The first-order chi connectivity index (χ1) is 14.8. The Morgan fingerprint density at radius 1 is 1.16 bits per heavy atom. The maximum atomic E-state index is 12.6. The summed E-state index contributed by atoms with van der Waals surface area (Å²) in [5.74, 6) is -0.171. The lowest BCUT2D eigenvalue weighted by Crippen LogP contribution is -2.45. The Morgan fingerprint density at radius 3 is 2.45 bits per heavy atom. The molecule has 0 radical (unpaired) electrons. The van der Waals surface area contributed by atoms with E-state index in [1.807, 2.05) is 20.8 Å². The first-order valence-electron chi connectivity index (χ1n) is 10.3. The lowest BCUT2D eigenvalue weighted by Gasteiger charge is -2.35. The monoisotopic (exact) mass is 457 g/mol. The molecule has 4 heterocycles. The van der Waals surface area contributed by atoms with Crippen LogP contribution in [0.25, 0.3) is 10.4 Å². The van der Waals surface area contributed by atoms with Crippen molar-refractivity contribution in [3.8, 4) is 10.4 Å². The van der Waals surface area contributed by atoms with Crippen molar-refractivity contribution in [1.29, 1.82) is 0 Å². The fraction of sp³-hybridized carbons (Fsp3) is 0.455. The number of amides is 1. The van der Waals surface area contributed by atoms with E-state index in [0.29, 0.717) is 12.2 Å². The molecule has 3 aromatic heterocycles. The largest absolute Gasteiger partial charge is 0.372 e. The molecule has 1 aliphatic rings. The number of hydrogen-bond donors (Lipinski definition) is 1. The SMILES string of the molecule is Cc1cc(-c2sc(N3C[C@@H](C)O[C@@H](C)C3)nc2CNC(=O)c2ncsc2C)cc(C)n1. The highest BCUT2D eigenvalue weighted by atomic mass is 32.1. The van der Waals surface area contributed by atoms with Crippen LogP contribution in [0.1, 0.15) is 46.3 Å². The highest BCUT2D eigenvalue weighted by Gasteiger charge is 2.26. The van der Waals surface area contributed by atoms with Crippen molar-refractivity contribution in [2.45, 2.75) is 53.4 Å². The van der Waals surface area contributed by atoms with Crippen LogP contribution in [0.15, 0.2) is 17.6 Å². The van der Waals surface area contributed by atoms with Gasteiger partial charge in [0.15, 0.2) is 5.13 Å². The van der Waals surface area contributed by atoms with Gasteiger partial charge in [0.25, 0.3) is 5.91 Å². The fourth-order valence-corrected chi connectivity index (χ4v) is 5.55. The quantitative estimate of drug-likeness (QED) is 0.621. The third-order valence-corrected chi connectivity index (χ3v) is 7.06. The topological polar surface area (TPSA) is 80.2 Å². The molecule has 1 amide bonds. The van der Waals surface area contributed by atoms with Gasteiger partial charge in [-0.3, -0.25) is 9.78 Å². The Kier molecular flexibility index (Phi) is 6.36. The summed E-state index contributed by atoms with van der Waals surface area (Å²) in [5.41, 5.74) is 6.04. The van der Waals surface area contributed by atoms with Crippen LogP contribution in [0.2, 0.25) is 0 Å². The van der Waals surface area contributed by atoms with Crippen LogP contribution in [-0.2, 0) is 11.3 Å². The summed E-state index contributed by atoms with van der Waals surface area (Å²) in [6.07, 6.45) is 0.301. The average Bonchev–Trinajstić information content (AvgIpc) is 3.31. The second kappa shape index (κ2) is 9.02. The van der Waals surface area contributed by atoms with Crippen LogP contribution in [-0.4, -0.2) is 46.2 Å². The first-order valence-corrected chi connectivity index (χ1v) is 12.0. The number of aromatic nitrogens is 3. The van der Waals surface area contributed by atoms with Gasteiger partial charge in [-0.25, -0.2) is 9.97 Å². The van der Waals surface area contributed by atoms with E-state index in [4.69, 9.17) is 9.72 Å². The average molecular weight is 458 g/mol. The van der Waals surface area contributed by atoms with Crippen LogP contribution in [0.3, 0.4) is 0 Å². The molecule has 3 aromatic rings. The molecule has 4 rings (SSSR count). The predicted molar refractivity (Wildman–Crippen MR) is 125 cm³/mol. The molecule has 0 unspecified atom stereocenters. The number of pyridine rings is 1. The smallest absolute Gasteiger partial charge is 0.271 e. The van der Waals surface area contributed by atoms with E-state index >= 15 is 0 Å². The number of nitrogens with zero attached hydrogens (tertiary/aromatic N) is 4. The molecule has 0 saturated carbocycles. The maximum Gasteiger partial charge on any atom is 0.271 e. The normalized spacial score (nSPS) is 18.9. The van der Waals surface area contributed by atoms with E-state index in [2.05, 4.69) is 46.2 Å². The van der Waals surface area contributed by atoms with Crippen LogP contribution in [0.5, 0.6) is 0 Å². The standard InChI is InChI=1S/C22H27N5O2S2/c1-12-6-17(7-13(2)25-12)20-18(8-23-21(28)19-16(5)30-11-24-19)26-22(31-20)27-9-14(3)29-15(4)10-27/h6-7,11,14-15H,8-10H2,1-5H3,(H,23,28)/t14-,15+. The van der Waals surface area contributed by atoms with E-state index in [1.54, 1.807) is 16.8 Å². The maximum absolute atomic E-state index is 12.6. The predicted octanol–water partition coefficient (Wildman–Crippen LogP) is 4.13. The van der Waals surface area contributed by atoms with Crippen molar-refractivity contribution >= 4 is 33.7 Å². The Balaban J connectivity index is 1.65. The van der Waals surface area contributed by atoms with Crippen molar-refractivity contribution in [1.82, 2.24) is 20.3 Å². The van der Waals surface area contributed by atoms with E-state index in [-0.39, 0.29) is 18.1 Å². The van der Waals surface area contributed by atoms with Crippen LogP contribution < -0.4 is 10.2 Å². The molecule has 0 bridgehead atoms. The summed E-state index contributed by atoms with van der Waals surface area (Å²) >= 11 is 3.13. The molecular weight excluding hydrogens is 430 g/mol. The number of aryl methyl sites for hydroxylation is 3. The lowest BCUT2D eigenvalue weighted by molar-refractivity contribution is -0.00523. The van der Waals surface area contributed by atoms with Gasteiger partial charge in [-0.1, -0.05) is 11.3 Å². The van der Waals surface area contributed by atoms with Crippen molar-refractivity contribution in [2.75, 3.05) is 18.0 Å². The number of rotatable bonds is 5. The van der Waals surface area contributed by atoms with Gasteiger partial charge < -0.3 is 15.0 Å². The number of carbonyl (C=O) groups excluding carboxylic acids is 1. The zero-order valence-corrected chi connectivity index (χ0v) is 20.1. The second-order valence-electron chi connectivity index (χ2n) is 8.01. The van der Waals surface area contributed by atoms with Crippen molar-refractivity contribution in [2.24, 2.45) is 0 Å². The van der Waals surface area contributed by atoms with E-state index in [9.17, 15) is 4.79 Å². The molecular formula is C22H27N5O2S2. The Hall–Kier alpha value is -2.36. The summed E-state index contributed by atoms with van der Waals surface area (Å²) in [5, 5.41) is 3.96. The number of ether oxygens (including phenoxy) is 1. The molecule has 0 spiro atoms. The summed E-state index contributed by atoms with van der Waals surface area (Å²) in [6.45, 7) is 12.0. The van der Waals surface area contributed by atoms with Gasteiger partial charge >= 0.3 is 0 Å². The zero-order valence-electron chi connectivity index (χ0n) is 18.4. The molecule has 9 heteroatoms. The van der Waals surface area contributed by atoms with Gasteiger partial charge in [-0.2, -0.15) is 0 Å². The van der Waals surface area contributed by atoms with Crippen molar-refractivity contribution < 1.29 is 9.53 Å². The van der Waals surface area contributed by atoms with Gasteiger partial charge in [0.05, 0.1) is 34.8 Å². The van der Waals surface area contributed by atoms with Gasteiger partial charge in [0.1, 0.15) is 5.69 Å². The highest BCUT2D eigenvalue weighted by Crippen LogP contribution is 2.36. The minimum Gasteiger partial charge on any atom is -0.372 e. The zero-order chi connectivity index (χ0) is 22.1. The van der Waals surface area contributed by atoms with Gasteiger partial charge in [0.2, 0.25) is 0 Å². The van der Waals surface area contributed by atoms with Crippen LogP contribution >= 0.6 is 22.7 Å². The van der Waals surface area contributed by atoms with E-state index in [1.165, 1.54) is 11.3 Å². The Bertz CT molecular complexity index is 1060. The molecule has 1 N–H and O–H groups in total.